The Hall–Kier alpha value is -0.900. The zero-order chi connectivity index (χ0) is 15.2. The number of rotatable bonds is 6. The zero-order valence-corrected chi connectivity index (χ0v) is 14.0. The summed E-state index contributed by atoms with van der Waals surface area (Å²) in [5.74, 6) is 0.599. The third-order valence-electron chi connectivity index (χ3n) is 4.93. The van der Waals surface area contributed by atoms with E-state index in [1.54, 1.807) is 0 Å². The molecule has 1 N–H and O–H groups in total. The molecule has 0 amide bonds. The molecule has 1 aliphatic rings. The lowest BCUT2D eigenvalue weighted by Gasteiger charge is -2.37. The van der Waals surface area contributed by atoms with Crippen LogP contribution in [0.5, 0.6) is 0 Å². The Morgan fingerprint density at radius 2 is 1.86 bits per heavy atom. The summed E-state index contributed by atoms with van der Waals surface area (Å²) in [6.45, 7) is 5.98. The molecule has 1 heterocycles. The van der Waals surface area contributed by atoms with E-state index < -0.39 is 0 Å². The maximum Gasteiger partial charge on any atom is 0.0355 e. The summed E-state index contributed by atoms with van der Waals surface area (Å²) in [6.07, 6.45) is 2.60. The van der Waals surface area contributed by atoms with Crippen LogP contribution in [0.1, 0.15) is 31.4 Å². The Bertz CT molecular complexity index is 398. The fourth-order valence-electron chi connectivity index (χ4n) is 3.58. The standard InChI is InChI=1S/C18H31N3/c1-15(18(19-2)16-8-6-5-7-9-16)14-21(4)17-10-12-20(3)13-11-17/h5-9,15,17-19H,10-14H2,1-4H3. The maximum atomic E-state index is 3.50. The predicted octanol–water partition coefficient (Wildman–Crippen LogP) is 2.61. The molecule has 118 valence electrons. The van der Waals surface area contributed by atoms with Crippen molar-refractivity contribution in [2.45, 2.75) is 31.8 Å². The van der Waals surface area contributed by atoms with Gasteiger partial charge in [0.15, 0.2) is 0 Å². The molecule has 1 aliphatic heterocycles. The Labute approximate surface area is 130 Å². The molecule has 1 fully saturated rings. The fourth-order valence-corrected chi connectivity index (χ4v) is 3.58. The predicted molar refractivity (Wildman–Crippen MR) is 90.6 cm³/mol. The summed E-state index contributed by atoms with van der Waals surface area (Å²) in [7, 11) is 6.60. The zero-order valence-electron chi connectivity index (χ0n) is 14.0. The second-order valence-corrected chi connectivity index (χ2v) is 6.63. The van der Waals surface area contributed by atoms with Crippen LogP contribution in [-0.2, 0) is 0 Å². The lowest BCUT2D eigenvalue weighted by molar-refractivity contribution is 0.124. The highest BCUT2D eigenvalue weighted by molar-refractivity contribution is 5.19. The van der Waals surface area contributed by atoms with E-state index in [1.165, 1.54) is 31.5 Å². The number of piperidine rings is 1. The number of benzene rings is 1. The van der Waals surface area contributed by atoms with E-state index in [2.05, 4.69) is 73.5 Å². The topological polar surface area (TPSA) is 18.5 Å². The molecule has 0 aliphatic carbocycles. The second-order valence-electron chi connectivity index (χ2n) is 6.63. The molecule has 0 aromatic heterocycles. The minimum Gasteiger partial charge on any atom is -0.313 e. The van der Waals surface area contributed by atoms with Gasteiger partial charge < -0.3 is 15.1 Å². The van der Waals surface area contributed by atoms with Crippen LogP contribution < -0.4 is 5.32 Å². The van der Waals surface area contributed by atoms with Crippen molar-refractivity contribution in [1.29, 1.82) is 0 Å². The monoisotopic (exact) mass is 289 g/mol. The normalized spacial score (nSPS) is 20.6. The summed E-state index contributed by atoms with van der Waals surface area (Å²) < 4.78 is 0. The molecule has 0 spiro atoms. The van der Waals surface area contributed by atoms with E-state index in [-0.39, 0.29) is 0 Å². The average molecular weight is 289 g/mol. The Balaban J connectivity index is 1.91. The number of nitrogens with zero attached hydrogens (tertiary/aromatic N) is 2. The van der Waals surface area contributed by atoms with Crippen molar-refractivity contribution in [3.63, 3.8) is 0 Å². The van der Waals surface area contributed by atoms with Gasteiger partial charge in [0.05, 0.1) is 0 Å². The van der Waals surface area contributed by atoms with Gasteiger partial charge in [-0.25, -0.2) is 0 Å². The van der Waals surface area contributed by atoms with Crippen LogP contribution in [0, 0.1) is 5.92 Å². The van der Waals surface area contributed by atoms with Gasteiger partial charge in [-0.05, 0) is 58.6 Å². The van der Waals surface area contributed by atoms with E-state index in [4.69, 9.17) is 0 Å². The smallest absolute Gasteiger partial charge is 0.0355 e. The summed E-state index contributed by atoms with van der Waals surface area (Å²) in [6, 6.07) is 12.0. The van der Waals surface area contributed by atoms with Gasteiger partial charge in [-0.1, -0.05) is 37.3 Å². The van der Waals surface area contributed by atoms with E-state index in [0.717, 1.165) is 12.6 Å². The van der Waals surface area contributed by atoms with Gasteiger partial charge in [-0.3, -0.25) is 0 Å². The first-order valence-electron chi connectivity index (χ1n) is 8.22. The van der Waals surface area contributed by atoms with Crippen molar-refractivity contribution >= 4 is 0 Å². The lowest BCUT2D eigenvalue weighted by atomic mass is 9.93. The molecular formula is C18H31N3. The Morgan fingerprint density at radius 1 is 1.24 bits per heavy atom. The first-order valence-corrected chi connectivity index (χ1v) is 8.22. The second kappa shape index (κ2) is 7.92. The Kier molecular flexibility index (Phi) is 6.22. The highest BCUT2D eigenvalue weighted by Gasteiger charge is 2.24. The molecular weight excluding hydrogens is 258 g/mol. The SMILES string of the molecule is CNC(c1ccccc1)C(C)CN(C)C1CCN(C)CC1. The molecule has 2 atom stereocenters. The summed E-state index contributed by atoms with van der Waals surface area (Å²) in [5, 5.41) is 3.50. The van der Waals surface area contributed by atoms with Crippen LogP contribution in [0.3, 0.4) is 0 Å². The quantitative estimate of drug-likeness (QED) is 0.868. The summed E-state index contributed by atoms with van der Waals surface area (Å²) >= 11 is 0. The van der Waals surface area contributed by atoms with Crippen molar-refractivity contribution in [1.82, 2.24) is 15.1 Å². The van der Waals surface area contributed by atoms with E-state index in [9.17, 15) is 0 Å². The van der Waals surface area contributed by atoms with E-state index >= 15 is 0 Å². The van der Waals surface area contributed by atoms with Crippen molar-refractivity contribution < 1.29 is 0 Å². The molecule has 0 bridgehead atoms. The molecule has 0 saturated carbocycles. The molecule has 2 unspecified atom stereocenters. The third-order valence-corrected chi connectivity index (χ3v) is 4.93. The Morgan fingerprint density at radius 3 is 2.43 bits per heavy atom. The summed E-state index contributed by atoms with van der Waals surface area (Å²) in [4.78, 5) is 5.01. The first-order chi connectivity index (χ1) is 10.1. The van der Waals surface area contributed by atoms with Gasteiger partial charge in [-0.2, -0.15) is 0 Å². The number of likely N-dealkylation sites (tertiary alicyclic amines) is 1. The van der Waals surface area contributed by atoms with Gasteiger partial charge in [0.25, 0.3) is 0 Å². The van der Waals surface area contributed by atoms with Crippen molar-refractivity contribution in [3.05, 3.63) is 35.9 Å². The maximum absolute atomic E-state index is 3.50. The first kappa shape index (κ1) is 16.5. The minimum atomic E-state index is 0.430. The van der Waals surface area contributed by atoms with Crippen molar-refractivity contribution in [2.75, 3.05) is 40.8 Å². The highest BCUT2D eigenvalue weighted by Crippen LogP contribution is 2.24. The fraction of sp³-hybridized carbons (Fsp3) is 0.667. The molecule has 21 heavy (non-hydrogen) atoms. The van der Waals surface area contributed by atoms with Crippen LogP contribution in [0.4, 0.5) is 0 Å². The van der Waals surface area contributed by atoms with Crippen LogP contribution >= 0.6 is 0 Å². The molecule has 2 rings (SSSR count). The molecule has 1 aromatic carbocycles. The molecule has 3 heteroatoms. The summed E-state index contributed by atoms with van der Waals surface area (Å²) in [5.41, 5.74) is 1.39. The van der Waals surface area contributed by atoms with Crippen LogP contribution in [0.15, 0.2) is 30.3 Å². The number of hydrogen-bond donors (Lipinski definition) is 1. The van der Waals surface area contributed by atoms with Crippen molar-refractivity contribution in [2.24, 2.45) is 5.92 Å². The molecule has 1 saturated heterocycles. The van der Waals surface area contributed by atoms with Gasteiger partial charge in [-0.15, -0.1) is 0 Å². The van der Waals surface area contributed by atoms with Crippen molar-refractivity contribution in [3.8, 4) is 0 Å². The molecule has 1 aromatic rings. The van der Waals surface area contributed by atoms with Crippen LogP contribution in [0.25, 0.3) is 0 Å². The average Bonchev–Trinajstić information content (AvgIpc) is 2.49. The van der Waals surface area contributed by atoms with Gasteiger partial charge in [0, 0.05) is 18.6 Å². The highest BCUT2D eigenvalue weighted by atomic mass is 15.2. The molecule has 0 radical (unpaired) electrons. The van der Waals surface area contributed by atoms with E-state index in [0.29, 0.717) is 12.0 Å². The third kappa shape index (κ3) is 4.53. The van der Waals surface area contributed by atoms with Gasteiger partial charge in [0.1, 0.15) is 0 Å². The molecule has 3 nitrogen and oxygen atoms in total. The lowest BCUT2D eigenvalue weighted by Crippen LogP contribution is -2.44. The number of nitrogens with one attached hydrogen (secondary N) is 1. The van der Waals surface area contributed by atoms with Gasteiger partial charge in [0.2, 0.25) is 0 Å². The van der Waals surface area contributed by atoms with Crippen LogP contribution in [0.2, 0.25) is 0 Å². The van der Waals surface area contributed by atoms with E-state index in [1.807, 2.05) is 0 Å². The van der Waals surface area contributed by atoms with Crippen LogP contribution in [-0.4, -0.2) is 56.6 Å². The van der Waals surface area contributed by atoms with Gasteiger partial charge >= 0.3 is 0 Å². The largest absolute Gasteiger partial charge is 0.313 e. The minimum absolute atomic E-state index is 0.430. The number of hydrogen-bond acceptors (Lipinski definition) is 3.